The minimum Gasteiger partial charge on any atom is -0.756 e. The van der Waals surface area contributed by atoms with E-state index in [0.717, 1.165) is 64.2 Å². The van der Waals surface area contributed by atoms with Gasteiger partial charge in [-0.05, 0) is 57.8 Å². The molecule has 0 N–H and O–H groups in total. The number of phosphoric ester groups is 1. The Labute approximate surface area is 453 Å². The first-order chi connectivity index (χ1) is 35.6. The van der Waals surface area contributed by atoms with Crippen LogP contribution < -0.4 is 4.89 Å². The third kappa shape index (κ3) is 60.9. The molecule has 0 radical (unpaired) electrons. The highest BCUT2D eigenvalue weighted by Gasteiger charge is 2.20. The first-order valence-electron chi connectivity index (χ1n) is 31.0. The van der Waals surface area contributed by atoms with Gasteiger partial charge in [-0.25, -0.2) is 0 Å². The van der Waals surface area contributed by atoms with Gasteiger partial charge in [0.1, 0.15) is 19.3 Å². The number of nitrogens with zero attached hydrogens (tertiary/aromatic N) is 1. The average Bonchev–Trinajstić information content (AvgIpc) is 3.35. The molecule has 428 valence electrons. The molecule has 0 fully saturated rings. The van der Waals surface area contributed by atoms with Crippen LogP contribution in [0.2, 0.25) is 0 Å². The molecule has 0 aliphatic heterocycles. The van der Waals surface area contributed by atoms with Crippen molar-refractivity contribution in [2.45, 2.75) is 290 Å². The molecule has 0 saturated heterocycles. The average molecular weight is 1050 g/mol. The number of allylic oxidation sites excluding steroid dienone is 10. The maximum atomic E-state index is 12.8. The van der Waals surface area contributed by atoms with Crippen molar-refractivity contribution in [1.82, 2.24) is 0 Å². The third-order valence-electron chi connectivity index (χ3n) is 13.6. The fourth-order valence-corrected chi connectivity index (χ4v) is 9.60. The van der Waals surface area contributed by atoms with E-state index in [1.807, 2.05) is 21.1 Å². The van der Waals surface area contributed by atoms with Gasteiger partial charge in [0.2, 0.25) is 0 Å². The zero-order valence-corrected chi connectivity index (χ0v) is 49.7. The van der Waals surface area contributed by atoms with Crippen molar-refractivity contribution in [2.24, 2.45) is 0 Å². The summed E-state index contributed by atoms with van der Waals surface area (Å²) in [6.07, 6.45) is 74.2. The molecule has 9 heteroatoms. The summed E-state index contributed by atoms with van der Waals surface area (Å²) in [5, 5.41) is 0. The molecule has 2 unspecified atom stereocenters. The van der Waals surface area contributed by atoms with Crippen molar-refractivity contribution in [3.8, 4) is 0 Å². The third-order valence-corrected chi connectivity index (χ3v) is 14.5. The molecule has 0 rings (SSSR count). The molecular formula is C64H120NO7P. The van der Waals surface area contributed by atoms with Crippen LogP contribution in [-0.4, -0.2) is 70.7 Å². The van der Waals surface area contributed by atoms with E-state index in [1.165, 1.54) is 199 Å². The molecule has 0 amide bonds. The lowest BCUT2D eigenvalue weighted by Crippen LogP contribution is -2.37. The van der Waals surface area contributed by atoms with Crippen LogP contribution in [0.1, 0.15) is 284 Å². The highest BCUT2D eigenvalue weighted by atomic mass is 31.2. The molecule has 8 nitrogen and oxygen atoms in total. The summed E-state index contributed by atoms with van der Waals surface area (Å²) in [5.41, 5.74) is 0. The predicted octanol–water partition coefficient (Wildman–Crippen LogP) is 19.3. The van der Waals surface area contributed by atoms with Crippen LogP contribution in [-0.2, 0) is 27.9 Å². The summed E-state index contributed by atoms with van der Waals surface area (Å²) in [5.74, 6) is -0.330. The quantitative estimate of drug-likeness (QED) is 0.0197. The van der Waals surface area contributed by atoms with Gasteiger partial charge in [-0.15, -0.1) is 0 Å². The van der Waals surface area contributed by atoms with Crippen molar-refractivity contribution >= 4 is 13.8 Å². The number of hydrogen-bond acceptors (Lipinski definition) is 7. The SMILES string of the molecule is CC/C=C\C/C=C\C/C=C\C/C=C\C/C=C\CCCCCCCCCCCCOCC(COP(=O)([O-])OCC[N+](C)(C)C)OC(=O)CCCCCCCCCCCCCCCCCCCCCCCCCCC. The summed E-state index contributed by atoms with van der Waals surface area (Å²) in [6, 6.07) is 0. The molecular weight excluding hydrogens is 926 g/mol. The van der Waals surface area contributed by atoms with Gasteiger partial charge >= 0.3 is 5.97 Å². The van der Waals surface area contributed by atoms with Gasteiger partial charge in [0.05, 0.1) is 34.4 Å². The minimum absolute atomic E-state index is 0.0250. The number of carbonyl (C=O) groups excluding carboxylic acids is 1. The van der Waals surface area contributed by atoms with Crippen LogP contribution in [0.4, 0.5) is 0 Å². The molecule has 2 atom stereocenters. The summed E-state index contributed by atoms with van der Waals surface area (Å²) >= 11 is 0. The van der Waals surface area contributed by atoms with Crippen LogP contribution >= 0.6 is 7.82 Å². The number of esters is 1. The highest BCUT2D eigenvalue weighted by Crippen LogP contribution is 2.38. The summed E-state index contributed by atoms with van der Waals surface area (Å²) < 4.78 is 34.9. The van der Waals surface area contributed by atoms with E-state index in [0.29, 0.717) is 24.1 Å². The van der Waals surface area contributed by atoms with Crippen molar-refractivity contribution in [2.75, 3.05) is 54.1 Å². The van der Waals surface area contributed by atoms with Crippen LogP contribution in [0.5, 0.6) is 0 Å². The van der Waals surface area contributed by atoms with Crippen molar-refractivity contribution < 1.29 is 37.3 Å². The van der Waals surface area contributed by atoms with E-state index < -0.39 is 13.9 Å². The Balaban J connectivity index is 4.03. The number of hydrogen-bond donors (Lipinski definition) is 0. The Morgan fingerprint density at radius 3 is 1.19 bits per heavy atom. The van der Waals surface area contributed by atoms with Crippen LogP contribution in [0.15, 0.2) is 60.8 Å². The van der Waals surface area contributed by atoms with Crippen molar-refractivity contribution in [3.05, 3.63) is 60.8 Å². The molecule has 0 saturated carbocycles. The van der Waals surface area contributed by atoms with E-state index in [9.17, 15) is 14.3 Å². The van der Waals surface area contributed by atoms with E-state index >= 15 is 0 Å². The number of carbonyl (C=O) groups is 1. The fraction of sp³-hybridized carbons (Fsp3) is 0.828. The Morgan fingerprint density at radius 2 is 0.795 bits per heavy atom. The minimum atomic E-state index is -4.54. The van der Waals surface area contributed by atoms with Gasteiger partial charge in [-0.2, -0.15) is 0 Å². The van der Waals surface area contributed by atoms with E-state index in [4.69, 9.17) is 18.5 Å². The molecule has 0 aromatic carbocycles. The maximum absolute atomic E-state index is 12.8. The smallest absolute Gasteiger partial charge is 0.306 e. The van der Waals surface area contributed by atoms with Gasteiger partial charge < -0.3 is 27.9 Å². The Hall–Kier alpha value is -1.80. The number of quaternary nitrogens is 1. The lowest BCUT2D eigenvalue weighted by Gasteiger charge is -2.28. The molecule has 0 heterocycles. The molecule has 0 aromatic heterocycles. The first-order valence-corrected chi connectivity index (χ1v) is 32.5. The molecule has 0 spiro atoms. The highest BCUT2D eigenvalue weighted by molar-refractivity contribution is 7.45. The second-order valence-electron chi connectivity index (χ2n) is 22.0. The summed E-state index contributed by atoms with van der Waals surface area (Å²) in [6.45, 7) is 5.34. The van der Waals surface area contributed by atoms with Gasteiger partial charge in [-0.1, -0.05) is 280 Å². The molecule has 73 heavy (non-hydrogen) atoms. The molecule has 0 aliphatic carbocycles. The van der Waals surface area contributed by atoms with E-state index in [1.54, 1.807) is 0 Å². The first kappa shape index (κ1) is 71.2. The van der Waals surface area contributed by atoms with E-state index in [2.05, 4.69) is 74.6 Å². The number of likely N-dealkylation sites (N-methyl/N-ethyl adjacent to an activating group) is 1. The lowest BCUT2D eigenvalue weighted by molar-refractivity contribution is -0.870. The van der Waals surface area contributed by atoms with Crippen LogP contribution in [0.3, 0.4) is 0 Å². The Morgan fingerprint density at radius 1 is 0.438 bits per heavy atom. The molecule has 0 aliphatic rings. The summed E-state index contributed by atoms with van der Waals surface area (Å²) in [4.78, 5) is 25.3. The van der Waals surface area contributed by atoms with Crippen molar-refractivity contribution in [1.29, 1.82) is 0 Å². The largest absolute Gasteiger partial charge is 0.756 e. The Kier molecular flexibility index (Phi) is 55.0. The molecule has 0 aromatic rings. The summed E-state index contributed by atoms with van der Waals surface area (Å²) in [7, 11) is 1.36. The predicted molar refractivity (Wildman–Crippen MR) is 314 cm³/mol. The van der Waals surface area contributed by atoms with Crippen molar-refractivity contribution in [3.63, 3.8) is 0 Å². The van der Waals surface area contributed by atoms with Gasteiger partial charge in [0, 0.05) is 13.0 Å². The van der Waals surface area contributed by atoms with Crippen LogP contribution in [0, 0.1) is 0 Å². The number of rotatable bonds is 58. The fourth-order valence-electron chi connectivity index (χ4n) is 8.87. The zero-order valence-electron chi connectivity index (χ0n) is 48.8. The lowest BCUT2D eigenvalue weighted by atomic mass is 10.0. The topological polar surface area (TPSA) is 94.1 Å². The number of phosphoric acid groups is 1. The van der Waals surface area contributed by atoms with Crippen LogP contribution in [0.25, 0.3) is 0 Å². The second kappa shape index (κ2) is 56.4. The van der Waals surface area contributed by atoms with E-state index in [-0.39, 0.29) is 25.8 Å². The standard InChI is InChI=1S/C64H120NO7P/c1-6-8-10-12-14-16-18-20-22-24-26-28-30-32-34-36-38-40-42-44-46-48-50-52-54-56-59-69-61-63(62-71-73(67,68)70-60-58-65(3,4)5)72-64(66)57-55-53-51-49-47-45-43-41-39-37-35-33-31-29-27-25-23-21-19-17-15-13-11-9-7-2/h8,10,14,16,20,22,26,28,32,34,63H,6-7,9,11-13,15,17-19,21,23-25,27,29-31,33,35-62H2,1-5H3/b10-8-,16-14-,22-20-,28-26-,34-32-. The van der Waals surface area contributed by atoms with Gasteiger partial charge in [0.25, 0.3) is 7.82 Å². The zero-order chi connectivity index (χ0) is 53.3. The van der Waals surface area contributed by atoms with Gasteiger partial charge in [-0.3, -0.25) is 9.36 Å². The molecule has 0 bridgehead atoms. The normalized spacial score (nSPS) is 13.8. The number of ether oxygens (including phenoxy) is 2. The van der Waals surface area contributed by atoms with Gasteiger partial charge in [0.15, 0.2) is 0 Å². The Bertz CT molecular complexity index is 1350. The maximum Gasteiger partial charge on any atom is 0.306 e. The second-order valence-corrected chi connectivity index (χ2v) is 23.5. The number of unbranched alkanes of at least 4 members (excludes halogenated alkanes) is 34. The monoisotopic (exact) mass is 1050 g/mol.